The number of nitrogens with zero attached hydrogens (tertiary/aromatic N) is 1. The molecule has 0 saturated carbocycles. The third kappa shape index (κ3) is 2.14. The fourth-order valence-electron chi connectivity index (χ4n) is 0.971. The van der Waals surface area contributed by atoms with E-state index < -0.39 is 4.92 Å². The lowest BCUT2D eigenvalue weighted by atomic mass is 10.2. The molecule has 5 heteroatoms. The number of rotatable bonds is 3. The van der Waals surface area contributed by atoms with Crippen LogP contribution >= 0.6 is 0 Å². The Labute approximate surface area is 81.1 Å². The zero-order valence-corrected chi connectivity index (χ0v) is 7.36. The number of benzene rings is 1. The average Bonchev–Trinajstić information content (AvgIpc) is 2.15. The first kappa shape index (κ1) is 9.86. The topological polar surface area (TPSA) is 81.2 Å². The lowest BCUT2D eigenvalue weighted by Gasteiger charge is -2.05. The first-order valence-corrected chi connectivity index (χ1v) is 3.86. The molecule has 72 valence electrons. The van der Waals surface area contributed by atoms with Crippen molar-refractivity contribution in [3.63, 3.8) is 0 Å². The molecule has 0 amide bonds. The van der Waals surface area contributed by atoms with E-state index >= 15 is 0 Å². The highest BCUT2D eigenvalue weighted by Gasteiger charge is 2.07. The van der Waals surface area contributed by atoms with E-state index in [-0.39, 0.29) is 5.69 Å². The minimum atomic E-state index is -0.499. The highest BCUT2D eigenvalue weighted by Crippen LogP contribution is 2.23. The number of non-ortho nitro benzene ring substituents is 1. The lowest BCUT2D eigenvalue weighted by molar-refractivity contribution is -0.384. The van der Waals surface area contributed by atoms with Crippen molar-refractivity contribution >= 4 is 17.1 Å². The van der Waals surface area contributed by atoms with Gasteiger partial charge in [-0.3, -0.25) is 10.1 Å². The number of terminal acetylenes is 1. The van der Waals surface area contributed by atoms with Crippen molar-refractivity contribution < 1.29 is 4.92 Å². The zero-order chi connectivity index (χ0) is 10.6. The molecule has 1 aromatic rings. The normalized spacial score (nSPS) is 9.07. The summed E-state index contributed by atoms with van der Waals surface area (Å²) in [6.45, 7) is 0.335. The fraction of sp³-hybridized carbons (Fsp3) is 0.111. The van der Waals surface area contributed by atoms with Gasteiger partial charge in [0.25, 0.3) is 5.69 Å². The summed E-state index contributed by atoms with van der Waals surface area (Å²) in [5.41, 5.74) is 6.45. The van der Waals surface area contributed by atoms with Gasteiger partial charge >= 0.3 is 0 Å². The van der Waals surface area contributed by atoms with Gasteiger partial charge in [0, 0.05) is 12.1 Å². The quantitative estimate of drug-likeness (QED) is 0.326. The summed E-state index contributed by atoms with van der Waals surface area (Å²) in [5, 5.41) is 13.2. The molecule has 1 rings (SSSR count). The molecule has 3 N–H and O–H groups in total. The molecule has 0 unspecified atom stereocenters. The van der Waals surface area contributed by atoms with Gasteiger partial charge in [-0.15, -0.1) is 6.42 Å². The smallest absolute Gasteiger partial charge is 0.271 e. The Balaban J connectivity index is 2.91. The fourth-order valence-corrected chi connectivity index (χ4v) is 0.971. The van der Waals surface area contributed by atoms with E-state index in [0.29, 0.717) is 17.9 Å². The number of nitrogens with two attached hydrogens (primary N) is 1. The summed E-state index contributed by atoms with van der Waals surface area (Å²) < 4.78 is 0. The van der Waals surface area contributed by atoms with Crippen molar-refractivity contribution in [2.24, 2.45) is 0 Å². The number of hydrogen-bond donors (Lipinski definition) is 2. The molecule has 0 heterocycles. The van der Waals surface area contributed by atoms with E-state index in [0.717, 1.165) is 0 Å². The van der Waals surface area contributed by atoms with Gasteiger partial charge in [-0.1, -0.05) is 5.92 Å². The number of nitro benzene ring substituents is 1. The minimum absolute atomic E-state index is 0.0336. The summed E-state index contributed by atoms with van der Waals surface area (Å²) in [6.07, 6.45) is 5.04. The highest BCUT2D eigenvalue weighted by molar-refractivity contribution is 5.69. The SMILES string of the molecule is C#CCNc1ccc([N+](=O)[O-])cc1N. The third-order valence-corrected chi connectivity index (χ3v) is 1.63. The van der Waals surface area contributed by atoms with E-state index in [1.165, 1.54) is 18.2 Å². The number of anilines is 2. The highest BCUT2D eigenvalue weighted by atomic mass is 16.6. The molecule has 1 aromatic carbocycles. The second-order valence-electron chi connectivity index (χ2n) is 2.59. The molecule has 0 aliphatic rings. The molecular formula is C9H9N3O2. The molecule has 14 heavy (non-hydrogen) atoms. The summed E-state index contributed by atoms with van der Waals surface area (Å²) in [5.74, 6) is 2.38. The molecule has 0 spiro atoms. The number of nitrogen functional groups attached to an aromatic ring is 1. The van der Waals surface area contributed by atoms with Gasteiger partial charge in [-0.25, -0.2) is 0 Å². The maximum atomic E-state index is 10.4. The van der Waals surface area contributed by atoms with Gasteiger partial charge in [0.15, 0.2) is 0 Å². The van der Waals surface area contributed by atoms with Crippen molar-refractivity contribution in [3.8, 4) is 12.3 Å². The Bertz CT molecular complexity index is 396. The average molecular weight is 191 g/mol. The van der Waals surface area contributed by atoms with Gasteiger partial charge in [0.1, 0.15) is 0 Å². The van der Waals surface area contributed by atoms with Gasteiger partial charge in [0.05, 0.1) is 22.8 Å². The zero-order valence-electron chi connectivity index (χ0n) is 7.36. The van der Waals surface area contributed by atoms with Crippen LogP contribution in [0, 0.1) is 22.5 Å². The van der Waals surface area contributed by atoms with Crippen molar-refractivity contribution in [3.05, 3.63) is 28.3 Å². The molecule has 0 bridgehead atoms. The number of nitro groups is 1. The van der Waals surface area contributed by atoms with Gasteiger partial charge in [-0.2, -0.15) is 0 Å². The summed E-state index contributed by atoms with van der Waals surface area (Å²) in [7, 11) is 0. The molecule has 0 aromatic heterocycles. The largest absolute Gasteiger partial charge is 0.397 e. The van der Waals surface area contributed by atoms with Crippen LogP contribution in [-0.2, 0) is 0 Å². The van der Waals surface area contributed by atoms with Crippen LogP contribution in [-0.4, -0.2) is 11.5 Å². The lowest BCUT2D eigenvalue weighted by Crippen LogP contribution is -2.02. The predicted octanol–water partition coefficient (Wildman–Crippen LogP) is 1.22. The Morgan fingerprint density at radius 3 is 2.86 bits per heavy atom. The molecule has 0 fully saturated rings. The molecule has 5 nitrogen and oxygen atoms in total. The van der Waals surface area contributed by atoms with Crippen molar-refractivity contribution in [2.75, 3.05) is 17.6 Å². The van der Waals surface area contributed by atoms with Crippen LogP contribution in [0.5, 0.6) is 0 Å². The van der Waals surface area contributed by atoms with Crippen LogP contribution in [0.1, 0.15) is 0 Å². The standard InChI is InChI=1S/C9H9N3O2/c1-2-5-11-9-4-3-7(12(13)14)6-8(9)10/h1,3-4,6,11H,5,10H2. The van der Waals surface area contributed by atoms with Crippen LogP contribution in [0.4, 0.5) is 17.1 Å². The maximum absolute atomic E-state index is 10.4. The monoisotopic (exact) mass is 191 g/mol. The van der Waals surface area contributed by atoms with Gasteiger partial charge in [-0.05, 0) is 6.07 Å². The van der Waals surface area contributed by atoms with Crippen molar-refractivity contribution in [2.45, 2.75) is 0 Å². The Kier molecular flexibility index (Phi) is 2.92. The molecular weight excluding hydrogens is 182 g/mol. The van der Waals surface area contributed by atoms with Crippen LogP contribution in [0.25, 0.3) is 0 Å². The van der Waals surface area contributed by atoms with Crippen molar-refractivity contribution in [1.82, 2.24) is 0 Å². The molecule has 0 saturated heterocycles. The summed E-state index contributed by atoms with van der Waals surface area (Å²) in [4.78, 5) is 9.88. The molecule has 0 radical (unpaired) electrons. The summed E-state index contributed by atoms with van der Waals surface area (Å²) in [6, 6.07) is 4.19. The van der Waals surface area contributed by atoms with E-state index in [4.69, 9.17) is 12.2 Å². The Hall–Kier alpha value is -2.22. The van der Waals surface area contributed by atoms with Gasteiger partial charge < -0.3 is 11.1 Å². The van der Waals surface area contributed by atoms with E-state index in [1.54, 1.807) is 0 Å². The van der Waals surface area contributed by atoms with Crippen LogP contribution < -0.4 is 11.1 Å². The predicted molar refractivity (Wildman–Crippen MR) is 54.8 cm³/mol. The minimum Gasteiger partial charge on any atom is -0.397 e. The first-order valence-electron chi connectivity index (χ1n) is 3.86. The number of hydrogen-bond acceptors (Lipinski definition) is 4. The molecule has 0 aliphatic carbocycles. The van der Waals surface area contributed by atoms with Crippen LogP contribution in [0.3, 0.4) is 0 Å². The van der Waals surface area contributed by atoms with Gasteiger partial charge in [0.2, 0.25) is 0 Å². The molecule has 0 atom stereocenters. The van der Waals surface area contributed by atoms with Crippen molar-refractivity contribution in [1.29, 1.82) is 0 Å². The first-order chi connectivity index (χ1) is 6.65. The van der Waals surface area contributed by atoms with E-state index in [2.05, 4.69) is 11.2 Å². The Morgan fingerprint density at radius 1 is 1.64 bits per heavy atom. The Morgan fingerprint density at radius 2 is 2.36 bits per heavy atom. The summed E-state index contributed by atoms with van der Waals surface area (Å²) >= 11 is 0. The van der Waals surface area contributed by atoms with Crippen LogP contribution in [0.2, 0.25) is 0 Å². The number of nitrogens with one attached hydrogen (secondary N) is 1. The third-order valence-electron chi connectivity index (χ3n) is 1.63. The second-order valence-corrected chi connectivity index (χ2v) is 2.59. The molecule has 0 aliphatic heterocycles. The van der Waals surface area contributed by atoms with E-state index in [1.807, 2.05) is 0 Å². The maximum Gasteiger partial charge on any atom is 0.271 e. The second kappa shape index (κ2) is 4.14. The van der Waals surface area contributed by atoms with Crippen LogP contribution in [0.15, 0.2) is 18.2 Å². The van der Waals surface area contributed by atoms with E-state index in [9.17, 15) is 10.1 Å².